The quantitative estimate of drug-likeness (QED) is 0.356. The number of nitrogens with zero attached hydrogens (tertiary/aromatic N) is 1. The first kappa shape index (κ1) is 26.0. The summed E-state index contributed by atoms with van der Waals surface area (Å²) >= 11 is 0. The summed E-state index contributed by atoms with van der Waals surface area (Å²) < 4.78 is 5.20. The minimum atomic E-state index is -1.01. The largest absolute Gasteiger partial charge is 0.444 e. The lowest BCUT2D eigenvalue weighted by Crippen LogP contribution is -2.50. The second kappa shape index (κ2) is 12.0. The lowest BCUT2D eigenvalue weighted by molar-refractivity contribution is -0.138. The summed E-state index contributed by atoms with van der Waals surface area (Å²) in [6, 6.07) is 7.60. The summed E-state index contributed by atoms with van der Waals surface area (Å²) in [5.41, 5.74) is 0.903. The van der Waals surface area contributed by atoms with E-state index in [2.05, 4.69) is 23.6 Å². The maximum atomic E-state index is 13.1. The summed E-state index contributed by atoms with van der Waals surface area (Å²) in [4.78, 5) is 39.2. The Labute approximate surface area is 185 Å². The lowest BCUT2D eigenvalue weighted by Gasteiger charge is -2.29. The Hall–Kier alpha value is -3.01. The number of carbonyl (C=O) groups is 3. The Morgan fingerprint density at radius 3 is 2.29 bits per heavy atom. The molecule has 2 unspecified atom stereocenters. The van der Waals surface area contributed by atoms with Gasteiger partial charge in [0.15, 0.2) is 0 Å². The van der Waals surface area contributed by atoms with Gasteiger partial charge in [0.25, 0.3) is 5.91 Å². The molecule has 170 valence electrons. The molecular formula is C24H35N3O4. The molecule has 0 radical (unpaired) electrons. The van der Waals surface area contributed by atoms with Gasteiger partial charge >= 0.3 is 6.09 Å². The van der Waals surface area contributed by atoms with E-state index in [-0.39, 0.29) is 5.91 Å². The molecule has 0 spiro atoms. The molecule has 0 aliphatic rings. The van der Waals surface area contributed by atoms with Gasteiger partial charge in [0.1, 0.15) is 17.7 Å². The Bertz CT molecular complexity index is 791. The Balaban J connectivity index is 3.08. The highest BCUT2D eigenvalue weighted by Crippen LogP contribution is 2.22. The maximum Gasteiger partial charge on any atom is 0.408 e. The zero-order valence-electron chi connectivity index (χ0n) is 19.5. The first-order valence-electron chi connectivity index (χ1n) is 10.6. The van der Waals surface area contributed by atoms with Gasteiger partial charge in [0.2, 0.25) is 5.91 Å². The molecule has 7 heteroatoms. The van der Waals surface area contributed by atoms with Gasteiger partial charge < -0.3 is 15.4 Å². The van der Waals surface area contributed by atoms with Crippen LogP contribution < -0.4 is 10.6 Å². The molecule has 1 aromatic rings. The molecule has 1 aromatic carbocycles. The van der Waals surface area contributed by atoms with Gasteiger partial charge in [-0.25, -0.2) is 4.79 Å². The fourth-order valence-electron chi connectivity index (χ4n) is 2.87. The zero-order valence-corrected chi connectivity index (χ0v) is 19.5. The number of terminal acetylenes is 1. The van der Waals surface area contributed by atoms with Crippen LogP contribution in [0.5, 0.6) is 0 Å². The molecule has 0 saturated carbocycles. The molecule has 2 atom stereocenters. The van der Waals surface area contributed by atoms with Gasteiger partial charge in [0, 0.05) is 12.6 Å². The fraction of sp³-hybridized carbons (Fsp3) is 0.542. The number of hydrogen-bond acceptors (Lipinski definition) is 4. The molecule has 7 nitrogen and oxygen atoms in total. The van der Waals surface area contributed by atoms with Crippen molar-refractivity contribution in [1.29, 1.82) is 0 Å². The molecule has 0 aliphatic carbocycles. The number of rotatable bonds is 9. The monoisotopic (exact) mass is 429 g/mol. The van der Waals surface area contributed by atoms with Crippen LogP contribution in [0.3, 0.4) is 0 Å². The Morgan fingerprint density at radius 1 is 1.16 bits per heavy atom. The normalized spacial score (nSPS) is 12.8. The van der Waals surface area contributed by atoms with Crippen LogP contribution in [0.4, 0.5) is 4.79 Å². The summed E-state index contributed by atoms with van der Waals surface area (Å²) in [7, 11) is 0. The van der Waals surface area contributed by atoms with Crippen molar-refractivity contribution in [2.45, 2.75) is 78.5 Å². The first-order chi connectivity index (χ1) is 14.5. The van der Waals surface area contributed by atoms with E-state index in [1.807, 2.05) is 19.1 Å². The van der Waals surface area contributed by atoms with Crippen molar-refractivity contribution in [3.8, 4) is 12.5 Å². The van der Waals surface area contributed by atoms with Crippen LogP contribution >= 0.6 is 0 Å². The van der Waals surface area contributed by atoms with Crippen molar-refractivity contribution >= 4 is 17.9 Å². The van der Waals surface area contributed by atoms with Crippen LogP contribution in [0, 0.1) is 19.4 Å². The van der Waals surface area contributed by atoms with Crippen LogP contribution in [-0.4, -0.2) is 41.0 Å². The number of hydrogen-bond donors (Lipinski definition) is 2. The van der Waals surface area contributed by atoms with Crippen molar-refractivity contribution in [1.82, 2.24) is 15.5 Å². The van der Waals surface area contributed by atoms with E-state index in [1.165, 1.54) is 6.92 Å². The van der Waals surface area contributed by atoms with Gasteiger partial charge in [-0.1, -0.05) is 56.0 Å². The first-order valence-corrected chi connectivity index (χ1v) is 10.6. The van der Waals surface area contributed by atoms with E-state index < -0.39 is 29.7 Å². The van der Waals surface area contributed by atoms with E-state index in [9.17, 15) is 14.4 Å². The third-order valence-corrected chi connectivity index (χ3v) is 4.46. The molecule has 0 bridgehead atoms. The molecule has 2 N–H and O–H groups in total. The third kappa shape index (κ3) is 8.71. The van der Waals surface area contributed by atoms with Gasteiger partial charge in [-0.15, -0.1) is 0 Å². The van der Waals surface area contributed by atoms with Crippen LogP contribution in [0.2, 0.25) is 0 Å². The van der Waals surface area contributed by atoms with Gasteiger partial charge in [-0.05, 0) is 46.6 Å². The molecule has 0 aliphatic heterocycles. The molecular weight excluding hydrogens is 394 g/mol. The number of alkyl carbamates (subject to hydrolysis) is 1. The van der Waals surface area contributed by atoms with Gasteiger partial charge in [-0.3, -0.25) is 14.5 Å². The fourth-order valence-corrected chi connectivity index (χ4v) is 2.87. The summed E-state index contributed by atoms with van der Waals surface area (Å²) in [6.07, 6.45) is 7.78. The minimum absolute atomic E-state index is 0.365. The lowest BCUT2D eigenvalue weighted by atomic mass is 10.0. The highest BCUT2D eigenvalue weighted by atomic mass is 16.6. The van der Waals surface area contributed by atoms with Crippen molar-refractivity contribution in [2.24, 2.45) is 0 Å². The molecule has 0 fully saturated rings. The van der Waals surface area contributed by atoms with E-state index in [1.54, 1.807) is 32.9 Å². The Morgan fingerprint density at radius 2 is 1.77 bits per heavy atom. The van der Waals surface area contributed by atoms with Crippen LogP contribution in [0.1, 0.15) is 71.0 Å². The molecule has 0 saturated heterocycles. The number of unbranched alkanes of at least 4 members (excludes halogenated alkanes) is 2. The highest BCUT2D eigenvalue weighted by molar-refractivity contribution is 5.93. The van der Waals surface area contributed by atoms with Crippen molar-refractivity contribution in [3.05, 3.63) is 35.4 Å². The summed E-state index contributed by atoms with van der Waals surface area (Å²) in [6.45, 7) is 11.2. The summed E-state index contributed by atoms with van der Waals surface area (Å²) in [5.74, 6) is -0.946. The maximum absolute atomic E-state index is 13.1. The molecule has 0 heterocycles. The second-order valence-corrected chi connectivity index (χ2v) is 8.52. The third-order valence-electron chi connectivity index (χ3n) is 4.46. The molecule has 3 amide bonds. The van der Waals surface area contributed by atoms with Gasteiger partial charge in [-0.2, -0.15) is 0 Å². The SMILES string of the molecule is C#CN(C(=O)C(C)NC(=O)OC(C)(C)C)C(C(=O)NCCCCC)c1ccc(C)cc1. The molecule has 1 rings (SSSR count). The standard InChI is InChI=1S/C24H35N3O4/c1-8-10-11-16-25-21(28)20(19-14-12-17(3)13-15-19)27(9-2)22(29)18(4)26-23(30)31-24(5,6)7/h2,12-15,18,20H,8,10-11,16H2,1,3-7H3,(H,25,28)(H,26,30). The van der Waals surface area contributed by atoms with Crippen molar-refractivity contribution < 1.29 is 19.1 Å². The predicted molar refractivity (Wildman–Crippen MR) is 121 cm³/mol. The van der Waals surface area contributed by atoms with E-state index >= 15 is 0 Å². The van der Waals surface area contributed by atoms with Crippen LogP contribution in [0.15, 0.2) is 24.3 Å². The average molecular weight is 430 g/mol. The second-order valence-electron chi connectivity index (χ2n) is 8.52. The highest BCUT2D eigenvalue weighted by Gasteiger charge is 2.34. The minimum Gasteiger partial charge on any atom is -0.444 e. The topological polar surface area (TPSA) is 87.7 Å². The molecule has 0 aromatic heterocycles. The number of ether oxygens (including phenoxy) is 1. The molecule has 31 heavy (non-hydrogen) atoms. The summed E-state index contributed by atoms with van der Waals surface area (Å²) in [5, 5.41) is 5.36. The average Bonchev–Trinajstić information content (AvgIpc) is 2.68. The number of nitrogens with one attached hydrogen (secondary N) is 2. The number of benzene rings is 1. The Kier molecular flexibility index (Phi) is 10.1. The van der Waals surface area contributed by atoms with E-state index in [4.69, 9.17) is 11.2 Å². The zero-order chi connectivity index (χ0) is 23.6. The van der Waals surface area contributed by atoms with E-state index in [0.29, 0.717) is 12.1 Å². The van der Waals surface area contributed by atoms with Crippen LogP contribution in [-0.2, 0) is 14.3 Å². The number of aryl methyl sites for hydroxylation is 1. The van der Waals surface area contributed by atoms with Gasteiger partial charge in [0.05, 0.1) is 0 Å². The van der Waals surface area contributed by atoms with Crippen molar-refractivity contribution in [2.75, 3.05) is 6.54 Å². The van der Waals surface area contributed by atoms with Crippen molar-refractivity contribution in [3.63, 3.8) is 0 Å². The van der Waals surface area contributed by atoms with Crippen LogP contribution in [0.25, 0.3) is 0 Å². The number of carbonyl (C=O) groups excluding carboxylic acids is 3. The smallest absolute Gasteiger partial charge is 0.408 e. The van der Waals surface area contributed by atoms with E-state index in [0.717, 1.165) is 29.7 Å². The predicted octanol–water partition coefficient (Wildman–Crippen LogP) is 3.68. The number of amides is 3.